The molecule has 0 aliphatic rings. The molecular weight excluding hydrogens is 418 g/mol. The first-order valence-electron chi connectivity index (χ1n) is 8.14. The monoisotopic (exact) mass is 437 g/mol. The number of amides is 2. The van der Waals surface area contributed by atoms with Crippen LogP contribution in [-0.2, 0) is 14.8 Å². The van der Waals surface area contributed by atoms with Crippen molar-refractivity contribution in [1.29, 1.82) is 0 Å². The molecule has 9 nitrogen and oxygen atoms in total. The van der Waals surface area contributed by atoms with Crippen molar-refractivity contribution < 1.29 is 27.5 Å². The highest BCUT2D eigenvalue weighted by Gasteiger charge is 2.19. The van der Waals surface area contributed by atoms with Gasteiger partial charge in [0.1, 0.15) is 17.1 Å². The van der Waals surface area contributed by atoms with Crippen molar-refractivity contribution in [3.63, 3.8) is 0 Å². The highest BCUT2D eigenvalue weighted by atomic mass is 32.2. The number of hydrogen-bond donors (Lipinski definition) is 3. The number of carbonyl (C=O) groups is 2. The second-order valence-electron chi connectivity index (χ2n) is 5.63. The summed E-state index contributed by atoms with van der Waals surface area (Å²) in [6.45, 7) is 1.10. The maximum absolute atomic E-state index is 12.6. The molecule has 0 spiro atoms. The SMILES string of the molecule is COc1cccc(OC)c1C(=O)NC(=S)Nc1ccc(S(=O)(=O)NC(C)=O)cc1. The second kappa shape index (κ2) is 9.34. The van der Waals surface area contributed by atoms with E-state index < -0.39 is 21.8 Å². The van der Waals surface area contributed by atoms with Crippen LogP contribution in [0.2, 0.25) is 0 Å². The van der Waals surface area contributed by atoms with Gasteiger partial charge in [0.25, 0.3) is 15.9 Å². The van der Waals surface area contributed by atoms with Crippen LogP contribution in [0.5, 0.6) is 11.5 Å². The summed E-state index contributed by atoms with van der Waals surface area (Å²) in [5.41, 5.74) is 0.613. The summed E-state index contributed by atoms with van der Waals surface area (Å²) in [6, 6.07) is 10.4. The molecule has 0 radical (unpaired) electrons. The zero-order valence-electron chi connectivity index (χ0n) is 15.8. The summed E-state index contributed by atoms with van der Waals surface area (Å²) in [6.07, 6.45) is 0. The smallest absolute Gasteiger partial charge is 0.264 e. The summed E-state index contributed by atoms with van der Waals surface area (Å²) in [4.78, 5) is 23.5. The summed E-state index contributed by atoms with van der Waals surface area (Å²) < 4.78 is 36.1. The van der Waals surface area contributed by atoms with Gasteiger partial charge in [-0.25, -0.2) is 13.1 Å². The predicted molar refractivity (Wildman–Crippen MR) is 111 cm³/mol. The van der Waals surface area contributed by atoms with Crippen LogP contribution < -0.4 is 24.8 Å². The van der Waals surface area contributed by atoms with Crippen molar-refractivity contribution in [2.45, 2.75) is 11.8 Å². The molecule has 0 aromatic heterocycles. The van der Waals surface area contributed by atoms with Crippen LogP contribution in [0, 0.1) is 0 Å². The molecule has 0 heterocycles. The topological polar surface area (TPSA) is 123 Å². The number of anilines is 1. The molecule has 0 unspecified atom stereocenters. The molecule has 2 amide bonds. The lowest BCUT2D eigenvalue weighted by Crippen LogP contribution is -2.34. The highest BCUT2D eigenvalue weighted by molar-refractivity contribution is 7.90. The molecule has 29 heavy (non-hydrogen) atoms. The minimum absolute atomic E-state index is 0.0135. The van der Waals surface area contributed by atoms with Gasteiger partial charge in [-0.3, -0.25) is 14.9 Å². The fraction of sp³-hybridized carbons (Fsp3) is 0.167. The van der Waals surface area contributed by atoms with Gasteiger partial charge in [-0.15, -0.1) is 0 Å². The zero-order chi connectivity index (χ0) is 21.6. The van der Waals surface area contributed by atoms with Gasteiger partial charge in [-0.05, 0) is 48.6 Å². The molecular formula is C18H19N3O6S2. The van der Waals surface area contributed by atoms with Crippen molar-refractivity contribution >= 4 is 44.9 Å². The average Bonchev–Trinajstić information content (AvgIpc) is 2.66. The Morgan fingerprint density at radius 3 is 2.00 bits per heavy atom. The Kier molecular flexibility index (Phi) is 7.13. The van der Waals surface area contributed by atoms with Crippen LogP contribution >= 0.6 is 12.2 Å². The van der Waals surface area contributed by atoms with E-state index >= 15 is 0 Å². The largest absolute Gasteiger partial charge is 0.496 e. The summed E-state index contributed by atoms with van der Waals surface area (Å²) in [7, 11) is -1.07. The third kappa shape index (κ3) is 5.65. The van der Waals surface area contributed by atoms with Gasteiger partial charge < -0.3 is 14.8 Å². The van der Waals surface area contributed by atoms with E-state index in [9.17, 15) is 18.0 Å². The molecule has 0 saturated heterocycles. The third-order valence-corrected chi connectivity index (χ3v) is 5.24. The number of thiocarbonyl (C=S) groups is 1. The molecule has 0 fully saturated rings. The van der Waals surface area contributed by atoms with Gasteiger partial charge >= 0.3 is 0 Å². The first-order chi connectivity index (χ1) is 13.7. The molecule has 11 heteroatoms. The van der Waals surface area contributed by atoms with Crippen LogP contribution in [0.1, 0.15) is 17.3 Å². The fourth-order valence-corrected chi connectivity index (χ4v) is 3.57. The predicted octanol–water partition coefficient (Wildman–Crippen LogP) is 1.66. The summed E-state index contributed by atoms with van der Waals surface area (Å²) in [5, 5.41) is 5.27. The molecule has 2 aromatic carbocycles. The maximum Gasteiger partial charge on any atom is 0.264 e. The normalized spacial score (nSPS) is 10.6. The Morgan fingerprint density at radius 1 is 0.966 bits per heavy atom. The van der Waals surface area contributed by atoms with Crippen LogP contribution in [0.4, 0.5) is 5.69 Å². The van der Waals surface area contributed by atoms with E-state index in [-0.39, 0.29) is 15.6 Å². The van der Waals surface area contributed by atoms with E-state index in [4.69, 9.17) is 21.7 Å². The van der Waals surface area contributed by atoms with Crippen molar-refractivity contribution in [3.05, 3.63) is 48.0 Å². The van der Waals surface area contributed by atoms with E-state index in [1.807, 2.05) is 4.72 Å². The standard InChI is InChI=1S/C18H19N3O6S2/c1-11(22)21-29(24,25)13-9-7-12(8-10-13)19-18(28)20-17(23)16-14(26-2)5-4-6-15(16)27-3/h4-10H,1-3H3,(H,21,22)(H2,19,20,23,28). The third-order valence-electron chi connectivity index (χ3n) is 3.58. The van der Waals surface area contributed by atoms with Gasteiger partial charge in [0.2, 0.25) is 5.91 Å². The van der Waals surface area contributed by atoms with Crippen molar-refractivity contribution in [2.75, 3.05) is 19.5 Å². The molecule has 0 aliphatic heterocycles. The number of carbonyl (C=O) groups excluding carboxylic acids is 2. The molecule has 2 aromatic rings. The lowest BCUT2D eigenvalue weighted by molar-refractivity contribution is -0.117. The Hall–Kier alpha value is -3.18. The minimum Gasteiger partial charge on any atom is -0.496 e. The van der Waals surface area contributed by atoms with Gasteiger partial charge in [-0.2, -0.15) is 0 Å². The number of methoxy groups -OCH3 is 2. The Balaban J connectivity index is 2.10. The lowest BCUT2D eigenvalue weighted by atomic mass is 10.1. The van der Waals surface area contributed by atoms with E-state index in [1.54, 1.807) is 18.2 Å². The van der Waals surface area contributed by atoms with Crippen molar-refractivity contribution in [1.82, 2.24) is 10.0 Å². The number of benzene rings is 2. The molecule has 3 N–H and O–H groups in total. The van der Waals surface area contributed by atoms with Crippen LogP contribution in [0.15, 0.2) is 47.4 Å². The van der Waals surface area contributed by atoms with Crippen LogP contribution in [0.3, 0.4) is 0 Å². The molecule has 0 aliphatic carbocycles. The Morgan fingerprint density at radius 2 is 1.52 bits per heavy atom. The molecule has 154 valence electrons. The van der Waals surface area contributed by atoms with Gasteiger partial charge in [-0.1, -0.05) is 6.07 Å². The number of rotatable bonds is 6. The van der Waals surface area contributed by atoms with Crippen LogP contribution in [0.25, 0.3) is 0 Å². The molecule has 0 saturated carbocycles. The van der Waals surface area contributed by atoms with E-state index in [0.717, 1.165) is 6.92 Å². The zero-order valence-corrected chi connectivity index (χ0v) is 17.4. The van der Waals surface area contributed by atoms with Gasteiger partial charge in [0.05, 0.1) is 19.1 Å². The average molecular weight is 437 g/mol. The van der Waals surface area contributed by atoms with E-state index in [2.05, 4.69) is 10.6 Å². The van der Waals surface area contributed by atoms with Gasteiger partial charge in [0.15, 0.2) is 5.11 Å². The molecule has 2 rings (SSSR count). The maximum atomic E-state index is 12.6. The number of sulfonamides is 1. The number of nitrogens with one attached hydrogen (secondary N) is 3. The summed E-state index contributed by atoms with van der Waals surface area (Å²) >= 11 is 5.13. The van der Waals surface area contributed by atoms with Crippen molar-refractivity contribution in [3.8, 4) is 11.5 Å². The second-order valence-corrected chi connectivity index (χ2v) is 7.72. The number of hydrogen-bond acceptors (Lipinski definition) is 7. The first kappa shape index (κ1) is 22.1. The van der Waals surface area contributed by atoms with E-state index in [1.165, 1.54) is 38.5 Å². The Bertz CT molecular complexity index is 1010. The van der Waals surface area contributed by atoms with Gasteiger partial charge in [0, 0.05) is 12.6 Å². The quantitative estimate of drug-likeness (QED) is 0.583. The molecule has 0 atom stereocenters. The summed E-state index contributed by atoms with van der Waals surface area (Å²) in [5.74, 6) is -0.598. The van der Waals surface area contributed by atoms with Crippen LogP contribution in [-0.4, -0.2) is 39.6 Å². The van der Waals surface area contributed by atoms with Crippen molar-refractivity contribution in [2.24, 2.45) is 0 Å². The molecule has 0 bridgehead atoms. The fourth-order valence-electron chi connectivity index (χ4n) is 2.37. The highest BCUT2D eigenvalue weighted by Crippen LogP contribution is 2.28. The first-order valence-corrected chi connectivity index (χ1v) is 10.0. The Labute approximate surface area is 173 Å². The number of ether oxygens (including phenoxy) is 2. The van der Waals surface area contributed by atoms with E-state index in [0.29, 0.717) is 17.2 Å². The lowest BCUT2D eigenvalue weighted by Gasteiger charge is -2.14. The minimum atomic E-state index is -3.93.